The summed E-state index contributed by atoms with van der Waals surface area (Å²) in [6, 6.07) is -0.635. The van der Waals surface area contributed by atoms with Crippen LogP contribution in [0, 0.1) is 0 Å². The van der Waals surface area contributed by atoms with Crippen LogP contribution in [0.2, 0.25) is 0 Å². The minimum Gasteiger partial charge on any atom is -0.479 e. The second kappa shape index (κ2) is 6.62. The SMILES string of the molecule is CNC(=O)CN(C)C(=O)NCC(O)C(=O)O. The molecule has 92 valence electrons. The highest BCUT2D eigenvalue weighted by Crippen LogP contribution is 1.86. The van der Waals surface area contributed by atoms with Gasteiger partial charge in [-0.3, -0.25) is 4.79 Å². The van der Waals surface area contributed by atoms with E-state index in [1.807, 2.05) is 0 Å². The van der Waals surface area contributed by atoms with Crippen molar-refractivity contribution in [1.82, 2.24) is 15.5 Å². The summed E-state index contributed by atoms with van der Waals surface area (Å²) in [6.45, 7) is -0.558. The highest BCUT2D eigenvalue weighted by Gasteiger charge is 2.16. The number of amides is 3. The maximum absolute atomic E-state index is 11.3. The molecule has 0 aliphatic rings. The van der Waals surface area contributed by atoms with E-state index in [0.29, 0.717) is 0 Å². The van der Waals surface area contributed by atoms with Gasteiger partial charge in [0.15, 0.2) is 6.10 Å². The van der Waals surface area contributed by atoms with Crippen LogP contribution in [-0.4, -0.2) is 66.3 Å². The summed E-state index contributed by atoms with van der Waals surface area (Å²) in [4.78, 5) is 33.4. The minimum atomic E-state index is -1.66. The third-order valence-corrected chi connectivity index (χ3v) is 1.74. The van der Waals surface area contributed by atoms with Gasteiger partial charge in [0.2, 0.25) is 5.91 Å². The molecule has 0 heterocycles. The van der Waals surface area contributed by atoms with Crippen molar-refractivity contribution in [3.8, 4) is 0 Å². The molecule has 0 radical (unpaired) electrons. The first-order valence-corrected chi connectivity index (χ1v) is 4.49. The van der Waals surface area contributed by atoms with E-state index in [1.54, 1.807) is 0 Å². The van der Waals surface area contributed by atoms with Gasteiger partial charge in [0.25, 0.3) is 0 Å². The van der Waals surface area contributed by atoms with Crippen LogP contribution in [0.5, 0.6) is 0 Å². The maximum atomic E-state index is 11.3. The van der Waals surface area contributed by atoms with Gasteiger partial charge in [0.1, 0.15) is 6.54 Å². The Labute approximate surface area is 92.2 Å². The number of carboxylic acid groups (broad SMARTS) is 1. The Morgan fingerprint density at radius 2 is 1.94 bits per heavy atom. The number of carbonyl (C=O) groups excluding carboxylic acids is 2. The van der Waals surface area contributed by atoms with E-state index in [-0.39, 0.29) is 12.5 Å². The molecule has 1 atom stereocenters. The van der Waals surface area contributed by atoms with Gasteiger partial charge in [0.05, 0.1) is 6.54 Å². The van der Waals surface area contributed by atoms with Gasteiger partial charge in [0, 0.05) is 14.1 Å². The molecule has 0 aromatic carbocycles. The lowest BCUT2D eigenvalue weighted by atomic mass is 10.3. The number of hydrogen-bond acceptors (Lipinski definition) is 4. The lowest BCUT2D eigenvalue weighted by Crippen LogP contribution is -2.45. The second-order valence-corrected chi connectivity index (χ2v) is 3.07. The topological polar surface area (TPSA) is 119 Å². The number of hydrogen-bond donors (Lipinski definition) is 4. The quantitative estimate of drug-likeness (QED) is 0.430. The number of aliphatic carboxylic acids is 1. The molecule has 0 saturated heterocycles. The van der Waals surface area contributed by atoms with Gasteiger partial charge in [-0.1, -0.05) is 0 Å². The first kappa shape index (κ1) is 14.2. The highest BCUT2D eigenvalue weighted by atomic mass is 16.4. The second-order valence-electron chi connectivity index (χ2n) is 3.07. The van der Waals surface area contributed by atoms with E-state index in [1.165, 1.54) is 14.1 Å². The molecule has 0 saturated carbocycles. The number of carbonyl (C=O) groups is 3. The van der Waals surface area contributed by atoms with Crippen molar-refractivity contribution in [2.45, 2.75) is 6.10 Å². The van der Waals surface area contributed by atoms with E-state index in [2.05, 4.69) is 10.6 Å². The standard InChI is InChI=1S/C8H15N3O5/c1-9-6(13)4-11(2)8(16)10-3-5(12)7(14)15/h5,12H,3-4H2,1-2H3,(H,9,13)(H,10,16)(H,14,15). The summed E-state index contributed by atoms with van der Waals surface area (Å²) in [5.41, 5.74) is 0. The molecule has 0 aromatic heterocycles. The lowest BCUT2D eigenvalue weighted by molar-refractivity contribution is -0.146. The molecule has 0 aliphatic carbocycles. The zero-order valence-electron chi connectivity index (χ0n) is 9.06. The first-order chi connectivity index (χ1) is 7.38. The van der Waals surface area contributed by atoms with Gasteiger partial charge in [-0.2, -0.15) is 0 Å². The monoisotopic (exact) mass is 233 g/mol. The molecule has 3 amide bonds. The van der Waals surface area contributed by atoms with Crippen LogP contribution < -0.4 is 10.6 Å². The zero-order chi connectivity index (χ0) is 12.7. The van der Waals surface area contributed by atoms with Crippen molar-refractivity contribution >= 4 is 17.9 Å². The Balaban J connectivity index is 3.97. The summed E-state index contributed by atoms with van der Waals surface area (Å²) in [7, 11) is 2.81. The number of urea groups is 1. The molecule has 8 heteroatoms. The molecule has 0 rings (SSSR count). The van der Waals surface area contributed by atoms with Gasteiger partial charge in [-0.25, -0.2) is 9.59 Å². The average molecular weight is 233 g/mol. The van der Waals surface area contributed by atoms with E-state index in [9.17, 15) is 14.4 Å². The highest BCUT2D eigenvalue weighted by molar-refractivity contribution is 5.84. The third kappa shape index (κ3) is 5.15. The van der Waals surface area contributed by atoms with Gasteiger partial charge in [-0.05, 0) is 0 Å². The molecule has 0 aromatic rings. The van der Waals surface area contributed by atoms with Crippen LogP contribution in [-0.2, 0) is 9.59 Å². The Morgan fingerprint density at radius 3 is 2.38 bits per heavy atom. The number of rotatable bonds is 5. The van der Waals surface area contributed by atoms with Crippen molar-refractivity contribution in [1.29, 1.82) is 0 Å². The molecule has 4 N–H and O–H groups in total. The number of aliphatic hydroxyl groups excluding tert-OH is 1. The van der Waals surface area contributed by atoms with E-state index in [0.717, 1.165) is 4.90 Å². The molecule has 1 unspecified atom stereocenters. The van der Waals surface area contributed by atoms with Crippen molar-refractivity contribution in [3.63, 3.8) is 0 Å². The fourth-order valence-electron chi connectivity index (χ4n) is 0.773. The van der Waals surface area contributed by atoms with Crippen LogP contribution >= 0.6 is 0 Å². The van der Waals surface area contributed by atoms with E-state index < -0.39 is 24.6 Å². The van der Waals surface area contributed by atoms with Crippen LogP contribution in [0.15, 0.2) is 0 Å². The van der Waals surface area contributed by atoms with E-state index in [4.69, 9.17) is 10.2 Å². The number of likely N-dealkylation sites (N-methyl/N-ethyl adjacent to an activating group) is 2. The number of nitrogens with one attached hydrogen (secondary N) is 2. The van der Waals surface area contributed by atoms with Crippen LogP contribution in [0.25, 0.3) is 0 Å². The van der Waals surface area contributed by atoms with Crippen molar-refractivity contribution in [3.05, 3.63) is 0 Å². The Bertz CT molecular complexity index is 281. The molecule has 8 nitrogen and oxygen atoms in total. The molecule has 0 spiro atoms. The van der Waals surface area contributed by atoms with Crippen LogP contribution in [0.1, 0.15) is 0 Å². The van der Waals surface area contributed by atoms with Crippen molar-refractivity contribution in [2.24, 2.45) is 0 Å². The minimum absolute atomic E-state index is 0.147. The predicted molar refractivity (Wildman–Crippen MR) is 53.7 cm³/mol. The number of aliphatic hydroxyl groups is 1. The maximum Gasteiger partial charge on any atom is 0.334 e. The molecule has 16 heavy (non-hydrogen) atoms. The number of carboxylic acids is 1. The zero-order valence-corrected chi connectivity index (χ0v) is 9.06. The normalized spacial score (nSPS) is 11.4. The molecular formula is C8H15N3O5. The Morgan fingerprint density at radius 1 is 1.38 bits per heavy atom. The predicted octanol–water partition coefficient (Wildman–Crippen LogP) is -2.18. The van der Waals surface area contributed by atoms with Crippen molar-refractivity contribution in [2.75, 3.05) is 27.2 Å². The average Bonchev–Trinajstić information content (AvgIpc) is 2.24. The third-order valence-electron chi connectivity index (χ3n) is 1.74. The fourth-order valence-corrected chi connectivity index (χ4v) is 0.773. The van der Waals surface area contributed by atoms with Crippen molar-refractivity contribution < 1.29 is 24.6 Å². The molecular weight excluding hydrogens is 218 g/mol. The Hall–Kier alpha value is -1.83. The Kier molecular flexibility index (Phi) is 5.86. The summed E-state index contributed by atoms with van der Waals surface area (Å²) >= 11 is 0. The van der Waals surface area contributed by atoms with Gasteiger partial charge >= 0.3 is 12.0 Å². The lowest BCUT2D eigenvalue weighted by Gasteiger charge is -2.17. The van der Waals surface area contributed by atoms with Crippen LogP contribution in [0.3, 0.4) is 0 Å². The smallest absolute Gasteiger partial charge is 0.334 e. The molecule has 0 fully saturated rings. The molecule has 0 aliphatic heterocycles. The van der Waals surface area contributed by atoms with Gasteiger partial charge in [-0.15, -0.1) is 0 Å². The molecule has 0 bridgehead atoms. The fraction of sp³-hybridized carbons (Fsp3) is 0.625. The van der Waals surface area contributed by atoms with Gasteiger partial charge < -0.3 is 25.7 Å². The summed E-state index contributed by atoms with van der Waals surface area (Å²) in [5.74, 6) is -1.77. The van der Waals surface area contributed by atoms with Crippen LogP contribution in [0.4, 0.5) is 4.79 Å². The summed E-state index contributed by atoms with van der Waals surface area (Å²) < 4.78 is 0. The summed E-state index contributed by atoms with van der Waals surface area (Å²) in [6.07, 6.45) is -1.66. The summed E-state index contributed by atoms with van der Waals surface area (Å²) in [5, 5.41) is 21.7. The first-order valence-electron chi connectivity index (χ1n) is 4.49. The largest absolute Gasteiger partial charge is 0.479 e. The van der Waals surface area contributed by atoms with E-state index >= 15 is 0 Å². The number of nitrogens with zero attached hydrogens (tertiary/aromatic N) is 1.